The van der Waals surface area contributed by atoms with E-state index in [2.05, 4.69) is 20.1 Å². The van der Waals surface area contributed by atoms with E-state index in [0.717, 1.165) is 12.0 Å². The normalized spacial score (nSPS) is 29.7. The summed E-state index contributed by atoms with van der Waals surface area (Å²) in [7, 11) is 0. The van der Waals surface area contributed by atoms with Crippen molar-refractivity contribution in [1.29, 1.82) is 0 Å². The van der Waals surface area contributed by atoms with Crippen LogP contribution >= 0.6 is 11.8 Å². The summed E-state index contributed by atoms with van der Waals surface area (Å²) >= 11 is 1.65. The van der Waals surface area contributed by atoms with Gasteiger partial charge in [0.1, 0.15) is 6.04 Å². The number of nitrogens with zero attached hydrogens (tertiary/aromatic N) is 2. The van der Waals surface area contributed by atoms with Crippen molar-refractivity contribution in [2.45, 2.75) is 55.2 Å². The van der Waals surface area contributed by atoms with Crippen LogP contribution in [0.5, 0.6) is 0 Å². The summed E-state index contributed by atoms with van der Waals surface area (Å²) in [6.45, 7) is 11.1. The number of carbonyl (C=O) groups is 3. The minimum atomic E-state index is -0.684. The summed E-state index contributed by atoms with van der Waals surface area (Å²) in [6, 6.07) is 9.12. The van der Waals surface area contributed by atoms with Crippen LogP contribution in [-0.4, -0.2) is 75.0 Å². The fraction of sp³-hybridized carbons (Fsp3) is 0.552. The number of carbonyl (C=O) groups excluding carboxylic acids is 3. The molecule has 4 rings (SSSR count). The second-order valence-corrected chi connectivity index (χ2v) is 11.8. The van der Waals surface area contributed by atoms with Crippen molar-refractivity contribution in [3.05, 3.63) is 61.2 Å². The molecule has 7 nitrogen and oxygen atoms in total. The van der Waals surface area contributed by atoms with Gasteiger partial charge < -0.3 is 19.6 Å². The fourth-order valence-corrected chi connectivity index (χ4v) is 8.81. The quantitative estimate of drug-likeness (QED) is 0.241. The molecule has 1 aromatic rings. The molecule has 3 aliphatic rings. The smallest absolute Gasteiger partial charge is 0.310 e. The second kappa shape index (κ2) is 11.9. The van der Waals surface area contributed by atoms with Crippen molar-refractivity contribution >= 4 is 29.5 Å². The molecule has 37 heavy (non-hydrogen) atoms. The molecule has 0 radical (unpaired) electrons. The van der Waals surface area contributed by atoms with Crippen LogP contribution in [0, 0.1) is 17.8 Å². The molecule has 1 spiro atoms. The van der Waals surface area contributed by atoms with Gasteiger partial charge in [0.25, 0.3) is 0 Å². The first-order valence-electron chi connectivity index (χ1n) is 13.2. The lowest BCUT2D eigenvalue weighted by atomic mass is 9.66. The fourth-order valence-electron chi connectivity index (χ4n) is 6.41. The third-order valence-corrected chi connectivity index (χ3v) is 10.1. The molecule has 1 aromatic carbocycles. The zero-order chi connectivity index (χ0) is 26.6. The summed E-state index contributed by atoms with van der Waals surface area (Å²) in [4.78, 5) is 45.1. The summed E-state index contributed by atoms with van der Waals surface area (Å²) in [5.41, 5.74) is 1.00. The van der Waals surface area contributed by atoms with Gasteiger partial charge in [0, 0.05) is 31.5 Å². The van der Waals surface area contributed by atoms with E-state index in [4.69, 9.17) is 4.74 Å². The number of thioether (sulfide) groups is 1. The molecule has 8 heteroatoms. The summed E-state index contributed by atoms with van der Waals surface area (Å²) in [5, 5.41) is 9.32. The molecule has 1 N–H and O–H groups in total. The minimum Gasteiger partial charge on any atom is -0.465 e. The van der Waals surface area contributed by atoms with Crippen LogP contribution in [0.2, 0.25) is 0 Å². The Morgan fingerprint density at radius 3 is 2.68 bits per heavy atom. The number of aliphatic hydroxyl groups is 1. The van der Waals surface area contributed by atoms with Gasteiger partial charge in [-0.1, -0.05) is 49.4 Å². The number of esters is 1. The van der Waals surface area contributed by atoms with Gasteiger partial charge in [0.2, 0.25) is 11.8 Å². The van der Waals surface area contributed by atoms with Crippen molar-refractivity contribution in [2.24, 2.45) is 17.8 Å². The molecule has 2 bridgehead atoms. The Balaban J connectivity index is 1.70. The average molecular weight is 527 g/mol. The lowest BCUT2D eigenvalue weighted by Gasteiger charge is -2.40. The maximum Gasteiger partial charge on any atom is 0.310 e. The molecule has 0 aliphatic carbocycles. The highest BCUT2D eigenvalue weighted by Crippen LogP contribution is 2.68. The minimum absolute atomic E-state index is 0.0251. The highest BCUT2D eigenvalue weighted by atomic mass is 32.2. The highest BCUT2D eigenvalue weighted by Gasteiger charge is 2.76. The van der Waals surface area contributed by atoms with Crippen molar-refractivity contribution < 1.29 is 24.2 Å². The van der Waals surface area contributed by atoms with Gasteiger partial charge in [-0.15, -0.1) is 24.9 Å². The van der Waals surface area contributed by atoms with Crippen molar-refractivity contribution in [3.8, 4) is 0 Å². The maximum atomic E-state index is 14.4. The number of ether oxygens (including phenoxy) is 1. The molecule has 6 atom stereocenters. The number of hydrogen-bond acceptors (Lipinski definition) is 6. The van der Waals surface area contributed by atoms with E-state index in [0.29, 0.717) is 38.9 Å². The Bertz CT molecular complexity index is 1020. The van der Waals surface area contributed by atoms with Crippen LogP contribution in [-0.2, 0) is 25.7 Å². The van der Waals surface area contributed by atoms with Crippen LogP contribution in [0.4, 0.5) is 0 Å². The van der Waals surface area contributed by atoms with E-state index in [1.54, 1.807) is 33.7 Å². The number of aliphatic hydroxyl groups excluding tert-OH is 1. The van der Waals surface area contributed by atoms with Gasteiger partial charge in [0.05, 0.1) is 23.2 Å². The number of amides is 2. The van der Waals surface area contributed by atoms with Gasteiger partial charge >= 0.3 is 5.97 Å². The van der Waals surface area contributed by atoms with Crippen LogP contribution < -0.4 is 0 Å². The SMILES string of the molecule is C=CCCOC(=O)[C@@H]1[C@@H]2CC(C)C3(S2)C(C(=O)N(CC=C)Cc2ccccc2)N(CCCCO)C(=O)[C@H]13. The number of likely N-dealkylation sites (tertiary alicyclic amines) is 1. The predicted molar refractivity (Wildman–Crippen MR) is 145 cm³/mol. The Kier molecular flexibility index (Phi) is 8.80. The van der Waals surface area contributed by atoms with Gasteiger partial charge in [-0.2, -0.15) is 0 Å². The lowest BCUT2D eigenvalue weighted by molar-refractivity contribution is -0.154. The Labute approximate surface area is 223 Å². The first kappa shape index (κ1) is 27.5. The lowest BCUT2D eigenvalue weighted by Crippen LogP contribution is -2.57. The molecule has 200 valence electrons. The molecule has 3 heterocycles. The molecular weight excluding hydrogens is 488 g/mol. The first-order valence-corrected chi connectivity index (χ1v) is 14.1. The van der Waals surface area contributed by atoms with E-state index >= 15 is 0 Å². The van der Waals surface area contributed by atoms with E-state index in [-0.39, 0.29) is 42.2 Å². The Morgan fingerprint density at radius 1 is 1.24 bits per heavy atom. The standard InChI is InChI=1S/C29H38N2O5S/c1-4-6-17-36-28(35)23-22-18-20(3)29(37-22)24(23)26(33)31(15-10-11-16-32)25(29)27(34)30(14-5-2)19-21-12-8-7-9-13-21/h4-5,7-9,12-13,20,22-25,32H,1-2,6,10-11,14-19H2,3H3/t20?,22-,23+,24-,25?,29?/m0/s1. The van der Waals surface area contributed by atoms with Crippen LogP contribution in [0.15, 0.2) is 55.6 Å². The Hall–Kier alpha value is -2.58. The van der Waals surface area contributed by atoms with E-state index in [1.165, 1.54) is 0 Å². The van der Waals surface area contributed by atoms with E-state index in [9.17, 15) is 19.5 Å². The van der Waals surface area contributed by atoms with Crippen molar-refractivity contribution in [1.82, 2.24) is 9.80 Å². The molecular formula is C29H38N2O5S. The third-order valence-electron chi connectivity index (χ3n) is 8.00. The summed E-state index contributed by atoms with van der Waals surface area (Å²) in [6.07, 6.45) is 5.87. The highest BCUT2D eigenvalue weighted by molar-refractivity contribution is 8.02. The second-order valence-electron chi connectivity index (χ2n) is 10.3. The number of benzene rings is 1. The molecule has 3 fully saturated rings. The largest absolute Gasteiger partial charge is 0.465 e. The number of rotatable bonds is 13. The summed E-state index contributed by atoms with van der Waals surface area (Å²) in [5.74, 6) is -1.65. The zero-order valence-electron chi connectivity index (χ0n) is 21.6. The zero-order valence-corrected chi connectivity index (χ0v) is 22.4. The number of hydrogen-bond donors (Lipinski definition) is 1. The monoisotopic (exact) mass is 526 g/mol. The molecule has 3 saturated heterocycles. The topological polar surface area (TPSA) is 87.2 Å². The summed E-state index contributed by atoms with van der Waals surface area (Å²) < 4.78 is 4.88. The maximum absolute atomic E-state index is 14.4. The van der Waals surface area contributed by atoms with Crippen LogP contribution in [0.1, 0.15) is 38.2 Å². The van der Waals surface area contributed by atoms with Gasteiger partial charge in [-0.25, -0.2) is 0 Å². The van der Waals surface area contributed by atoms with Crippen LogP contribution in [0.25, 0.3) is 0 Å². The average Bonchev–Trinajstić information content (AvgIpc) is 3.48. The first-order chi connectivity index (χ1) is 17.9. The Morgan fingerprint density at radius 2 is 2.00 bits per heavy atom. The molecule has 3 aliphatic heterocycles. The van der Waals surface area contributed by atoms with Gasteiger partial charge in [0.15, 0.2) is 0 Å². The van der Waals surface area contributed by atoms with Crippen LogP contribution in [0.3, 0.4) is 0 Å². The molecule has 0 aromatic heterocycles. The predicted octanol–water partition coefficient (Wildman–Crippen LogP) is 3.43. The number of unbranched alkanes of at least 4 members (excludes halogenated alkanes) is 1. The van der Waals surface area contributed by atoms with Gasteiger partial charge in [-0.3, -0.25) is 14.4 Å². The number of fused-ring (bicyclic) bond motifs is 1. The molecule has 0 saturated carbocycles. The molecule has 2 amide bonds. The molecule has 3 unspecified atom stereocenters. The van der Waals surface area contributed by atoms with Crippen molar-refractivity contribution in [3.63, 3.8) is 0 Å². The van der Waals surface area contributed by atoms with E-state index < -0.39 is 22.6 Å². The van der Waals surface area contributed by atoms with Crippen molar-refractivity contribution in [2.75, 3.05) is 26.3 Å². The van der Waals surface area contributed by atoms with E-state index in [1.807, 2.05) is 30.3 Å². The third kappa shape index (κ3) is 4.98. The van der Waals surface area contributed by atoms with Gasteiger partial charge in [-0.05, 0) is 37.2 Å².